The first-order chi connectivity index (χ1) is 11.6. The molecule has 0 aromatic carbocycles. The maximum Gasteiger partial charge on any atom is 0.254 e. The Bertz CT molecular complexity index is 666. The average Bonchev–Trinajstić information content (AvgIpc) is 3.20. The second kappa shape index (κ2) is 7.32. The van der Waals surface area contributed by atoms with Crippen LogP contribution in [-0.4, -0.2) is 49.6 Å². The molecule has 1 aromatic heterocycles. The number of nitrogens with zero attached hydrogens (tertiary/aromatic N) is 2. The molecule has 0 spiro atoms. The average molecular weight is 347 g/mol. The summed E-state index contributed by atoms with van der Waals surface area (Å²) >= 11 is 1.28. The molecule has 1 saturated carbocycles. The largest absolute Gasteiger partial charge is 0.379 e. The Kier molecular flexibility index (Phi) is 5.17. The SMILES string of the molecule is C[C@H]1C[C@@H]1C(=O)NCC1COCCN(C(=O)c2csc(C#N)c2)C1. The highest BCUT2D eigenvalue weighted by molar-refractivity contribution is 7.10. The van der Waals surface area contributed by atoms with Gasteiger partial charge in [0.15, 0.2) is 0 Å². The topological polar surface area (TPSA) is 82.4 Å². The fourth-order valence-electron chi connectivity index (χ4n) is 2.94. The lowest BCUT2D eigenvalue weighted by atomic mass is 10.1. The third-order valence-corrected chi connectivity index (χ3v) is 5.43. The van der Waals surface area contributed by atoms with E-state index in [1.807, 2.05) is 0 Å². The lowest BCUT2D eigenvalue weighted by molar-refractivity contribution is -0.122. The van der Waals surface area contributed by atoms with E-state index in [1.54, 1.807) is 16.3 Å². The molecule has 2 aliphatic rings. The second-order valence-corrected chi connectivity index (χ2v) is 7.48. The summed E-state index contributed by atoms with van der Waals surface area (Å²) in [6, 6.07) is 3.68. The van der Waals surface area contributed by atoms with Crippen LogP contribution in [0.1, 0.15) is 28.6 Å². The molecule has 1 aliphatic heterocycles. The van der Waals surface area contributed by atoms with Gasteiger partial charge in [-0.15, -0.1) is 11.3 Å². The Morgan fingerprint density at radius 1 is 1.54 bits per heavy atom. The van der Waals surface area contributed by atoms with Gasteiger partial charge in [-0.25, -0.2) is 0 Å². The highest BCUT2D eigenvalue weighted by Crippen LogP contribution is 2.37. The molecule has 2 fully saturated rings. The predicted octanol–water partition coefficient (Wildman–Crippen LogP) is 1.48. The standard InChI is InChI=1S/C17H21N3O3S/c1-11-4-15(11)16(21)19-7-12-8-20(2-3-23-9-12)17(22)13-5-14(6-18)24-10-13/h5,10-12,15H,2-4,7-9H2,1H3,(H,19,21)/t11-,12?,15-/m0/s1. The molecule has 0 bridgehead atoms. The molecule has 0 radical (unpaired) electrons. The second-order valence-electron chi connectivity index (χ2n) is 6.57. The van der Waals surface area contributed by atoms with Crippen molar-refractivity contribution in [2.45, 2.75) is 13.3 Å². The van der Waals surface area contributed by atoms with Gasteiger partial charge in [-0.3, -0.25) is 9.59 Å². The van der Waals surface area contributed by atoms with Crippen LogP contribution in [-0.2, 0) is 9.53 Å². The predicted molar refractivity (Wildman–Crippen MR) is 89.5 cm³/mol. The number of nitriles is 1. The van der Waals surface area contributed by atoms with E-state index in [2.05, 4.69) is 18.3 Å². The molecule has 6 nitrogen and oxygen atoms in total. The van der Waals surface area contributed by atoms with Crippen molar-refractivity contribution in [3.63, 3.8) is 0 Å². The number of carbonyl (C=O) groups excluding carboxylic acids is 2. The molecule has 1 saturated heterocycles. The number of hydrogen-bond acceptors (Lipinski definition) is 5. The summed E-state index contributed by atoms with van der Waals surface area (Å²) in [5.41, 5.74) is 0.549. The van der Waals surface area contributed by atoms with Crippen molar-refractivity contribution in [1.29, 1.82) is 5.26 Å². The van der Waals surface area contributed by atoms with Crippen molar-refractivity contribution >= 4 is 23.2 Å². The van der Waals surface area contributed by atoms with Crippen LogP contribution in [0.5, 0.6) is 0 Å². The fourth-order valence-corrected chi connectivity index (χ4v) is 3.61. The summed E-state index contributed by atoms with van der Waals surface area (Å²) in [6.07, 6.45) is 0.969. The molecule has 3 atom stereocenters. The number of amides is 2. The Labute approximate surface area is 145 Å². The van der Waals surface area contributed by atoms with Gasteiger partial charge in [0.2, 0.25) is 5.91 Å². The van der Waals surface area contributed by atoms with Gasteiger partial charge in [-0.05, 0) is 18.4 Å². The Morgan fingerprint density at radius 2 is 2.33 bits per heavy atom. The van der Waals surface area contributed by atoms with Crippen molar-refractivity contribution in [1.82, 2.24) is 10.2 Å². The summed E-state index contributed by atoms with van der Waals surface area (Å²) in [5.74, 6) is 0.765. The number of ether oxygens (including phenoxy) is 1. The minimum atomic E-state index is -0.0783. The van der Waals surface area contributed by atoms with Crippen LogP contribution in [0.15, 0.2) is 11.4 Å². The maximum atomic E-state index is 12.6. The van der Waals surface area contributed by atoms with E-state index in [0.717, 1.165) is 6.42 Å². The number of hydrogen-bond donors (Lipinski definition) is 1. The smallest absolute Gasteiger partial charge is 0.254 e. The normalized spacial score (nSPS) is 26.3. The van der Waals surface area contributed by atoms with Crippen molar-refractivity contribution < 1.29 is 14.3 Å². The summed E-state index contributed by atoms with van der Waals surface area (Å²) in [4.78, 5) is 26.9. The van der Waals surface area contributed by atoms with Gasteiger partial charge in [0.1, 0.15) is 10.9 Å². The van der Waals surface area contributed by atoms with Crippen LogP contribution in [0.2, 0.25) is 0 Å². The van der Waals surface area contributed by atoms with Crippen LogP contribution in [0.25, 0.3) is 0 Å². The lowest BCUT2D eigenvalue weighted by Crippen LogP contribution is -2.40. The van der Waals surface area contributed by atoms with Gasteiger partial charge < -0.3 is 15.0 Å². The van der Waals surface area contributed by atoms with Crippen LogP contribution in [0, 0.1) is 29.1 Å². The Hall–Kier alpha value is -1.91. The van der Waals surface area contributed by atoms with Gasteiger partial charge >= 0.3 is 0 Å². The number of thiophene rings is 1. The van der Waals surface area contributed by atoms with E-state index < -0.39 is 0 Å². The van der Waals surface area contributed by atoms with Crippen molar-refractivity contribution in [2.75, 3.05) is 32.8 Å². The van der Waals surface area contributed by atoms with Crippen LogP contribution in [0.4, 0.5) is 0 Å². The summed E-state index contributed by atoms with van der Waals surface area (Å²) in [6.45, 7) is 4.72. The van der Waals surface area contributed by atoms with Crippen LogP contribution in [0.3, 0.4) is 0 Å². The molecule has 1 N–H and O–H groups in total. The van der Waals surface area contributed by atoms with Gasteiger partial charge in [0, 0.05) is 36.9 Å². The molecule has 128 valence electrons. The molecule has 1 aliphatic carbocycles. The first-order valence-electron chi connectivity index (χ1n) is 8.22. The summed E-state index contributed by atoms with van der Waals surface area (Å²) in [7, 11) is 0. The molecule has 2 heterocycles. The molecule has 24 heavy (non-hydrogen) atoms. The molecule has 3 rings (SSSR count). The van der Waals surface area contributed by atoms with Crippen molar-refractivity contribution in [3.05, 3.63) is 21.9 Å². The molecule has 7 heteroatoms. The third-order valence-electron chi connectivity index (χ3n) is 4.59. The zero-order chi connectivity index (χ0) is 17.1. The number of carbonyl (C=O) groups is 2. The van der Waals surface area contributed by atoms with E-state index >= 15 is 0 Å². The van der Waals surface area contributed by atoms with Gasteiger partial charge in [0.25, 0.3) is 5.91 Å². The first kappa shape index (κ1) is 16.9. The highest BCUT2D eigenvalue weighted by Gasteiger charge is 2.39. The number of rotatable bonds is 4. The molecule has 1 aromatic rings. The number of nitrogens with one attached hydrogen (secondary N) is 1. The zero-order valence-electron chi connectivity index (χ0n) is 13.7. The third kappa shape index (κ3) is 3.94. The van der Waals surface area contributed by atoms with Gasteiger partial charge in [-0.2, -0.15) is 5.26 Å². The zero-order valence-corrected chi connectivity index (χ0v) is 14.5. The molecular formula is C17H21N3O3S. The Morgan fingerprint density at radius 3 is 3.00 bits per heavy atom. The molecular weight excluding hydrogens is 326 g/mol. The minimum absolute atomic E-state index is 0.0783. The van der Waals surface area contributed by atoms with Crippen LogP contribution >= 0.6 is 11.3 Å². The van der Waals surface area contributed by atoms with E-state index in [4.69, 9.17) is 10.00 Å². The van der Waals surface area contributed by atoms with Crippen molar-refractivity contribution in [3.8, 4) is 6.07 Å². The van der Waals surface area contributed by atoms with Gasteiger partial charge in [0.05, 0.1) is 18.8 Å². The monoisotopic (exact) mass is 347 g/mol. The quantitative estimate of drug-likeness (QED) is 0.894. The summed E-state index contributed by atoms with van der Waals surface area (Å²) in [5, 5.41) is 13.6. The lowest BCUT2D eigenvalue weighted by Gasteiger charge is -2.23. The van der Waals surface area contributed by atoms with E-state index in [1.165, 1.54) is 11.3 Å². The first-order valence-corrected chi connectivity index (χ1v) is 9.09. The minimum Gasteiger partial charge on any atom is -0.379 e. The summed E-state index contributed by atoms with van der Waals surface area (Å²) < 4.78 is 5.58. The van der Waals surface area contributed by atoms with E-state index in [-0.39, 0.29) is 23.7 Å². The highest BCUT2D eigenvalue weighted by atomic mass is 32.1. The maximum absolute atomic E-state index is 12.6. The van der Waals surface area contributed by atoms with Crippen LogP contribution < -0.4 is 5.32 Å². The Balaban J connectivity index is 1.56. The van der Waals surface area contributed by atoms with E-state index in [0.29, 0.717) is 49.2 Å². The molecule has 1 unspecified atom stereocenters. The van der Waals surface area contributed by atoms with Gasteiger partial charge in [-0.1, -0.05) is 6.92 Å². The van der Waals surface area contributed by atoms with E-state index in [9.17, 15) is 9.59 Å². The molecule has 2 amide bonds. The van der Waals surface area contributed by atoms with Crippen molar-refractivity contribution in [2.24, 2.45) is 17.8 Å². The fraction of sp³-hybridized carbons (Fsp3) is 0.588.